The first-order valence-electron chi connectivity index (χ1n) is 3.82. The molecule has 7 heteroatoms. The molecule has 1 rings (SSSR count). The standard InChI is InChI=1S/C7H11O6P/c1-3-7(13-14(2,10)11)5(8)4-6(9)12-7/h1,5-6,8-9H,4H2,2H3,(H,10,11)/t5-,6?,7+/m0/s1. The molecule has 1 saturated heterocycles. The zero-order valence-corrected chi connectivity index (χ0v) is 8.35. The second-order valence-electron chi connectivity index (χ2n) is 3.03. The third kappa shape index (κ3) is 2.34. The number of rotatable bonds is 2. The van der Waals surface area contributed by atoms with Gasteiger partial charge < -0.3 is 19.8 Å². The van der Waals surface area contributed by atoms with Crippen molar-refractivity contribution in [2.75, 3.05) is 6.66 Å². The molecule has 0 aromatic carbocycles. The van der Waals surface area contributed by atoms with Crippen LogP contribution in [0.25, 0.3) is 0 Å². The molecule has 80 valence electrons. The molecule has 1 fully saturated rings. The van der Waals surface area contributed by atoms with Gasteiger partial charge in [0.05, 0.1) is 0 Å². The largest absolute Gasteiger partial charge is 0.386 e. The molecule has 3 N–H and O–H groups in total. The predicted octanol–water partition coefficient (Wildman–Crippen LogP) is -0.753. The van der Waals surface area contributed by atoms with Gasteiger partial charge in [-0.15, -0.1) is 6.42 Å². The molecule has 1 heterocycles. The summed E-state index contributed by atoms with van der Waals surface area (Å²) in [5, 5.41) is 18.4. The molecule has 1 aliphatic heterocycles. The van der Waals surface area contributed by atoms with E-state index in [0.29, 0.717) is 0 Å². The first-order chi connectivity index (χ1) is 6.29. The number of aliphatic hydroxyl groups excluding tert-OH is 2. The van der Waals surface area contributed by atoms with E-state index in [1.807, 2.05) is 5.92 Å². The minimum atomic E-state index is -3.90. The minimum Gasteiger partial charge on any atom is -0.386 e. The van der Waals surface area contributed by atoms with Crippen molar-refractivity contribution in [1.29, 1.82) is 0 Å². The van der Waals surface area contributed by atoms with Crippen LogP contribution in [0.1, 0.15) is 6.42 Å². The van der Waals surface area contributed by atoms with Gasteiger partial charge in [-0.1, -0.05) is 0 Å². The summed E-state index contributed by atoms with van der Waals surface area (Å²) in [6.07, 6.45) is 2.23. The van der Waals surface area contributed by atoms with Crippen molar-refractivity contribution < 1.29 is 28.9 Å². The van der Waals surface area contributed by atoms with E-state index >= 15 is 0 Å². The Hall–Kier alpha value is -0.410. The van der Waals surface area contributed by atoms with Gasteiger partial charge in [0.2, 0.25) is 0 Å². The van der Waals surface area contributed by atoms with Gasteiger partial charge in [0.15, 0.2) is 6.29 Å². The molecular formula is C7H11O6P. The van der Waals surface area contributed by atoms with Gasteiger partial charge in [-0.25, -0.2) is 0 Å². The molecule has 0 aromatic heterocycles. The van der Waals surface area contributed by atoms with Gasteiger partial charge in [-0.2, -0.15) is 0 Å². The van der Waals surface area contributed by atoms with E-state index < -0.39 is 25.8 Å². The van der Waals surface area contributed by atoms with E-state index in [0.717, 1.165) is 6.66 Å². The second-order valence-corrected chi connectivity index (χ2v) is 4.82. The normalized spacial score (nSPS) is 41.6. The highest BCUT2D eigenvalue weighted by atomic mass is 31.2. The third-order valence-electron chi connectivity index (χ3n) is 1.68. The SMILES string of the molecule is C#C[C@]1(OP(C)(=O)O)OC(O)C[C@@H]1O. The van der Waals surface area contributed by atoms with Crippen LogP contribution >= 0.6 is 7.60 Å². The molecule has 0 aliphatic carbocycles. The van der Waals surface area contributed by atoms with E-state index in [1.54, 1.807) is 0 Å². The summed E-state index contributed by atoms with van der Waals surface area (Å²) in [4.78, 5) is 8.94. The van der Waals surface area contributed by atoms with Crippen molar-refractivity contribution in [3.05, 3.63) is 0 Å². The highest BCUT2D eigenvalue weighted by molar-refractivity contribution is 7.51. The Morgan fingerprint density at radius 1 is 1.71 bits per heavy atom. The number of hydrogen-bond acceptors (Lipinski definition) is 5. The molecule has 4 atom stereocenters. The van der Waals surface area contributed by atoms with E-state index in [2.05, 4.69) is 4.52 Å². The number of hydrogen-bond donors (Lipinski definition) is 3. The highest BCUT2D eigenvalue weighted by Crippen LogP contribution is 2.46. The Morgan fingerprint density at radius 3 is 2.57 bits per heavy atom. The molecule has 0 aromatic rings. The maximum absolute atomic E-state index is 11.0. The average molecular weight is 222 g/mol. The predicted molar refractivity (Wildman–Crippen MR) is 46.1 cm³/mol. The zero-order chi connectivity index (χ0) is 11.0. The van der Waals surface area contributed by atoms with Crippen LogP contribution in [0, 0.1) is 12.3 Å². The summed E-state index contributed by atoms with van der Waals surface area (Å²) >= 11 is 0. The van der Waals surface area contributed by atoms with Crippen LogP contribution in [0.5, 0.6) is 0 Å². The van der Waals surface area contributed by atoms with Crippen molar-refractivity contribution in [2.45, 2.75) is 24.6 Å². The van der Waals surface area contributed by atoms with E-state index in [4.69, 9.17) is 21.2 Å². The Morgan fingerprint density at radius 2 is 2.29 bits per heavy atom. The maximum Gasteiger partial charge on any atom is 0.328 e. The maximum atomic E-state index is 11.0. The lowest BCUT2D eigenvalue weighted by Gasteiger charge is -2.26. The molecule has 0 spiro atoms. The minimum absolute atomic E-state index is 0.162. The Labute approximate surface area is 81.0 Å². The highest BCUT2D eigenvalue weighted by Gasteiger charge is 2.51. The van der Waals surface area contributed by atoms with Gasteiger partial charge in [0.25, 0.3) is 5.79 Å². The van der Waals surface area contributed by atoms with Crippen LogP contribution in [0.4, 0.5) is 0 Å². The first-order valence-corrected chi connectivity index (χ1v) is 5.84. The van der Waals surface area contributed by atoms with Crippen LogP contribution in [0.15, 0.2) is 0 Å². The molecule has 14 heavy (non-hydrogen) atoms. The van der Waals surface area contributed by atoms with Crippen LogP contribution in [-0.2, 0) is 13.8 Å². The van der Waals surface area contributed by atoms with E-state index in [9.17, 15) is 9.67 Å². The first kappa shape index (κ1) is 11.7. The molecule has 0 saturated carbocycles. The summed E-state index contributed by atoms with van der Waals surface area (Å²) < 4.78 is 20.2. The number of terminal acetylenes is 1. The summed E-state index contributed by atoms with van der Waals surface area (Å²) in [7, 11) is -3.90. The lowest BCUT2D eigenvalue weighted by molar-refractivity contribution is -0.209. The molecular weight excluding hydrogens is 211 g/mol. The van der Waals surface area contributed by atoms with Crippen molar-refractivity contribution >= 4 is 7.60 Å². The molecule has 6 nitrogen and oxygen atoms in total. The average Bonchev–Trinajstić information content (AvgIpc) is 2.24. The van der Waals surface area contributed by atoms with Crippen molar-refractivity contribution in [3.63, 3.8) is 0 Å². The van der Waals surface area contributed by atoms with Gasteiger partial charge in [-0.05, 0) is 5.92 Å². The van der Waals surface area contributed by atoms with Crippen LogP contribution in [0.3, 0.4) is 0 Å². The van der Waals surface area contributed by atoms with Crippen LogP contribution in [-0.4, -0.2) is 40.0 Å². The quantitative estimate of drug-likeness (QED) is 0.420. The monoisotopic (exact) mass is 222 g/mol. The van der Waals surface area contributed by atoms with Crippen molar-refractivity contribution in [2.24, 2.45) is 0 Å². The second kappa shape index (κ2) is 3.63. The van der Waals surface area contributed by atoms with E-state index in [-0.39, 0.29) is 6.42 Å². The summed E-state index contributed by atoms with van der Waals surface area (Å²) in [6.45, 7) is 0.910. The van der Waals surface area contributed by atoms with Gasteiger partial charge in [0.1, 0.15) is 6.10 Å². The number of aliphatic hydroxyl groups is 2. The molecule has 0 radical (unpaired) electrons. The van der Waals surface area contributed by atoms with Gasteiger partial charge >= 0.3 is 7.60 Å². The molecule has 1 aliphatic rings. The fraction of sp³-hybridized carbons (Fsp3) is 0.714. The lowest BCUT2D eigenvalue weighted by Crippen LogP contribution is -2.39. The summed E-state index contributed by atoms with van der Waals surface area (Å²) in [6, 6.07) is 0. The molecule has 0 amide bonds. The molecule has 0 bridgehead atoms. The van der Waals surface area contributed by atoms with Crippen LogP contribution < -0.4 is 0 Å². The Balaban J connectivity index is 2.89. The topological polar surface area (TPSA) is 96.2 Å². The van der Waals surface area contributed by atoms with Crippen LogP contribution in [0.2, 0.25) is 0 Å². The lowest BCUT2D eigenvalue weighted by atomic mass is 10.1. The van der Waals surface area contributed by atoms with Crippen molar-refractivity contribution in [3.8, 4) is 12.3 Å². The zero-order valence-electron chi connectivity index (χ0n) is 7.45. The van der Waals surface area contributed by atoms with Crippen molar-refractivity contribution in [1.82, 2.24) is 0 Å². The fourth-order valence-electron chi connectivity index (χ4n) is 1.17. The Kier molecular flexibility index (Phi) is 3.02. The fourth-order valence-corrected chi connectivity index (χ4v) is 1.89. The smallest absolute Gasteiger partial charge is 0.328 e. The Bertz CT molecular complexity index is 304. The summed E-state index contributed by atoms with van der Waals surface area (Å²) in [5.74, 6) is -0.102. The van der Waals surface area contributed by atoms with E-state index in [1.165, 1.54) is 0 Å². The third-order valence-corrected chi connectivity index (χ3v) is 2.29. The number of ether oxygens (including phenoxy) is 1. The molecule has 2 unspecified atom stereocenters. The summed E-state index contributed by atoms with van der Waals surface area (Å²) in [5.41, 5.74) is 0. The van der Waals surface area contributed by atoms with Gasteiger partial charge in [0, 0.05) is 13.1 Å². The van der Waals surface area contributed by atoms with Gasteiger partial charge in [-0.3, -0.25) is 9.09 Å².